The molecule has 0 heterocycles. The van der Waals surface area contributed by atoms with Gasteiger partial charge in [-0.3, -0.25) is 0 Å². The first-order chi connectivity index (χ1) is 8.26. The molecule has 0 aliphatic heterocycles. The molecule has 1 atom stereocenters. The van der Waals surface area contributed by atoms with E-state index in [1.165, 1.54) is 29.1 Å². The molecule has 0 aliphatic rings. The van der Waals surface area contributed by atoms with Gasteiger partial charge in [0.05, 0.1) is 0 Å². The van der Waals surface area contributed by atoms with E-state index in [2.05, 4.69) is 56.8 Å². The SMILES string of the molecule is CCSCc1cccc(CSCC(C)CC)c1. The zero-order valence-corrected chi connectivity index (χ0v) is 12.9. The van der Waals surface area contributed by atoms with Crippen LogP contribution >= 0.6 is 23.5 Å². The van der Waals surface area contributed by atoms with Gasteiger partial charge in [0.15, 0.2) is 0 Å². The van der Waals surface area contributed by atoms with Crippen molar-refractivity contribution in [3.63, 3.8) is 0 Å². The van der Waals surface area contributed by atoms with Crippen molar-refractivity contribution in [2.45, 2.75) is 38.7 Å². The van der Waals surface area contributed by atoms with Gasteiger partial charge in [-0.15, -0.1) is 0 Å². The molecule has 1 unspecified atom stereocenters. The third-order valence-corrected chi connectivity index (χ3v) is 5.12. The summed E-state index contributed by atoms with van der Waals surface area (Å²) >= 11 is 4.06. The Hall–Kier alpha value is -0.0800. The molecule has 0 saturated carbocycles. The Labute approximate surface area is 115 Å². The van der Waals surface area contributed by atoms with Gasteiger partial charge >= 0.3 is 0 Å². The summed E-state index contributed by atoms with van der Waals surface area (Å²) in [5, 5.41) is 0. The second-order valence-electron chi connectivity index (χ2n) is 4.49. The van der Waals surface area contributed by atoms with Crippen LogP contribution in [-0.2, 0) is 11.5 Å². The average molecular weight is 268 g/mol. The van der Waals surface area contributed by atoms with Crippen molar-refractivity contribution in [2.24, 2.45) is 5.92 Å². The van der Waals surface area contributed by atoms with E-state index in [0.717, 1.165) is 17.4 Å². The molecule has 0 fully saturated rings. The largest absolute Gasteiger partial charge is 0.157 e. The lowest BCUT2D eigenvalue weighted by Gasteiger charge is -2.08. The summed E-state index contributed by atoms with van der Waals surface area (Å²) in [5.74, 6) is 5.64. The number of thioether (sulfide) groups is 2. The van der Waals surface area contributed by atoms with Crippen molar-refractivity contribution in [3.05, 3.63) is 35.4 Å². The molecule has 17 heavy (non-hydrogen) atoms. The van der Waals surface area contributed by atoms with E-state index < -0.39 is 0 Å². The minimum Gasteiger partial charge on any atom is -0.157 e. The van der Waals surface area contributed by atoms with Crippen LogP contribution in [0.4, 0.5) is 0 Å². The van der Waals surface area contributed by atoms with Crippen LogP contribution in [0.15, 0.2) is 24.3 Å². The maximum Gasteiger partial charge on any atom is 0.0184 e. The summed E-state index contributed by atoms with van der Waals surface area (Å²) < 4.78 is 0. The zero-order valence-electron chi connectivity index (χ0n) is 11.2. The molecule has 0 spiro atoms. The van der Waals surface area contributed by atoms with Crippen LogP contribution in [0.25, 0.3) is 0 Å². The fourth-order valence-electron chi connectivity index (χ4n) is 1.52. The number of benzene rings is 1. The molecule has 1 rings (SSSR count). The zero-order chi connectivity index (χ0) is 12.5. The van der Waals surface area contributed by atoms with Crippen LogP contribution in [-0.4, -0.2) is 11.5 Å². The van der Waals surface area contributed by atoms with E-state index in [1.54, 1.807) is 0 Å². The summed E-state index contributed by atoms with van der Waals surface area (Å²) in [6, 6.07) is 9.06. The van der Waals surface area contributed by atoms with Crippen molar-refractivity contribution >= 4 is 23.5 Å². The highest BCUT2D eigenvalue weighted by atomic mass is 32.2. The minimum atomic E-state index is 0.846. The Kier molecular flexibility index (Phi) is 7.87. The van der Waals surface area contributed by atoms with Crippen LogP contribution in [0.5, 0.6) is 0 Å². The molecule has 0 aliphatic carbocycles. The molecule has 0 N–H and O–H groups in total. The van der Waals surface area contributed by atoms with E-state index in [1.807, 2.05) is 11.8 Å². The summed E-state index contributed by atoms with van der Waals surface area (Å²) in [4.78, 5) is 0. The van der Waals surface area contributed by atoms with Crippen molar-refractivity contribution in [1.82, 2.24) is 0 Å². The second kappa shape index (κ2) is 8.93. The molecule has 0 amide bonds. The van der Waals surface area contributed by atoms with Gasteiger partial charge in [-0.2, -0.15) is 23.5 Å². The summed E-state index contributed by atoms with van der Waals surface area (Å²) in [6.45, 7) is 6.83. The molecule has 1 aromatic rings. The second-order valence-corrected chi connectivity index (χ2v) is 6.79. The van der Waals surface area contributed by atoms with E-state index in [9.17, 15) is 0 Å². The predicted molar refractivity (Wildman–Crippen MR) is 83.9 cm³/mol. The first kappa shape index (κ1) is 15.0. The predicted octanol–water partition coefficient (Wildman–Crippen LogP) is 5.22. The molecule has 0 bridgehead atoms. The lowest BCUT2D eigenvalue weighted by Crippen LogP contribution is -1.96. The van der Waals surface area contributed by atoms with Gasteiger partial charge in [0.25, 0.3) is 0 Å². The van der Waals surface area contributed by atoms with E-state index in [0.29, 0.717) is 0 Å². The summed E-state index contributed by atoms with van der Waals surface area (Å²) in [6.07, 6.45) is 1.29. The van der Waals surface area contributed by atoms with Gasteiger partial charge in [0.1, 0.15) is 0 Å². The number of hydrogen-bond acceptors (Lipinski definition) is 2. The van der Waals surface area contributed by atoms with Gasteiger partial charge in [-0.05, 0) is 28.6 Å². The highest BCUT2D eigenvalue weighted by Crippen LogP contribution is 2.19. The Morgan fingerprint density at radius 1 is 1.06 bits per heavy atom. The Morgan fingerprint density at radius 2 is 1.71 bits per heavy atom. The van der Waals surface area contributed by atoms with Crippen LogP contribution in [0.3, 0.4) is 0 Å². The van der Waals surface area contributed by atoms with Crippen LogP contribution in [0, 0.1) is 5.92 Å². The molecular weight excluding hydrogens is 244 g/mol. The van der Waals surface area contributed by atoms with Gasteiger partial charge < -0.3 is 0 Å². The lowest BCUT2D eigenvalue weighted by molar-refractivity contribution is 0.637. The fourth-order valence-corrected chi connectivity index (χ4v) is 3.32. The standard InChI is InChI=1S/C15H24S2/c1-4-13(3)10-17-12-15-8-6-7-14(9-15)11-16-5-2/h6-9,13H,4-5,10-12H2,1-3H3. The summed E-state index contributed by atoms with van der Waals surface area (Å²) in [7, 11) is 0. The molecule has 1 aromatic carbocycles. The fraction of sp³-hybridized carbons (Fsp3) is 0.600. The van der Waals surface area contributed by atoms with E-state index in [-0.39, 0.29) is 0 Å². The Bertz CT molecular complexity index is 310. The quantitative estimate of drug-likeness (QED) is 0.634. The molecule has 2 heteroatoms. The molecule has 0 aromatic heterocycles. The van der Waals surface area contributed by atoms with Crippen molar-refractivity contribution < 1.29 is 0 Å². The minimum absolute atomic E-state index is 0.846. The third kappa shape index (κ3) is 6.42. The van der Waals surface area contributed by atoms with Crippen molar-refractivity contribution in [2.75, 3.05) is 11.5 Å². The first-order valence-corrected chi connectivity index (χ1v) is 8.80. The highest BCUT2D eigenvalue weighted by molar-refractivity contribution is 7.98. The average Bonchev–Trinajstić information content (AvgIpc) is 2.36. The van der Waals surface area contributed by atoms with Crippen LogP contribution < -0.4 is 0 Å². The number of hydrogen-bond donors (Lipinski definition) is 0. The lowest BCUT2D eigenvalue weighted by atomic mass is 10.2. The van der Waals surface area contributed by atoms with E-state index >= 15 is 0 Å². The van der Waals surface area contributed by atoms with Crippen molar-refractivity contribution in [3.8, 4) is 0 Å². The van der Waals surface area contributed by atoms with Gasteiger partial charge in [0, 0.05) is 11.5 Å². The maximum atomic E-state index is 2.37. The Balaban J connectivity index is 2.37. The van der Waals surface area contributed by atoms with Gasteiger partial charge in [-0.25, -0.2) is 0 Å². The third-order valence-electron chi connectivity index (χ3n) is 2.83. The molecule has 0 radical (unpaired) electrons. The van der Waals surface area contributed by atoms with Gasteiger partial charge in [0.2, 0.25) is 0 Å². The smallest absolute Gasteiger partial charge is 0.0184 e. The maximum absolute atomic E-state index is 2.37. The normalized spacial score (nSPS) is 12.6. The monoisotopic (exact) mass is 268 g/mol. The molecule has 0 nitrogen and oxygen atoms in total. The van der Waals surface area contributed by atoms with E-state index in [4.69, 9.17) is 0 Å². The van der Waals surface area contributed by atoms with Crippen LogP contribution in [0.1, 0.15) is 38.3 Å². The molecule has 0 saturated heterocycles. The van der Waals surface area contributed by atoms with Crippen molar-refractivity contribution in [1.29, 1.82) is 0 Å². The topological polar surface area (TPSA) is 0 Å². The number of rotatable bonds is 8. The molecular formula is C15H24S2. The Morgan fingerprint density at radius 3 is 2.29 bits per heavy atom. The first-order valence-electron chi connectivity index (χ1n) is 6.49. The molecule has 96 valence electrons. The summed E-state index contributed by atoms with van der Waals surface area (Å²) in [5.41, 5.74) is 2.95. The van der Waals surface area contributed by atoms with Gasteiger partial charge in [-0.1, -0.05) is 51.5 Å². The van der Waals surface area contributed by atoms with Crippen LogP contribution in [0.2, 0.25) is 0 Å². The highest BCUT2D eigenvalue weighted by Gasteiger charge is 2.00.